The van der Waals surface area contributed by atoms with Crippen LogP contribution in [0.3, 0.4) is 0 Å². The molecule has 2 N–H and O–H groups in total. The van der Waals surface area contributed by atoms with Crippen molar-refractivity contribution < 1.29 is 9.53 Å². The van der Waals surface area contributed by atoms with Crippen molar-refractivity contribution in [3.8, 4) is 0 Å². The summed E-state index contributed by atoms with van der Waals surface area (Å²) in [6.07, 6.45) is 5.17. The summed E-state index contributed by atoms with van der Waals surface area (Å²) in [5, 5.41) is 0. The molecule has 1 heterocycles. The maximum Gasteiger partial charge on any atom is 0.306 e. The van der Waals surface area contributed by atoms with E-state index in [0.717, 1.165) is 12.8 Å². The van der Waals surface area contributed by atoms with Gasteiger partial charge in [-0.1, -0.05) is 20.3 Å². The van der Waals surface area contributed by atoms with Gasteiger partial charge in [0.1, 0.15) is 6.10 Å². The molecule has 1 spiro atoms. The van der Waals surface area contributed by atoms with E-state index in [9.17, 15) is 4.79 Å². The highest BCUT2D eigenvalue weighted by Gasteiger charge is 2.52. The molecule has 1 saturated carbocycles. The van der Waals surface area contributed by atoms with Gasteiger partial charge in [-0.2, -0.15) is 0 Å². The van der Waals surface area contributed by atoms with Gasteiger partial charge in [0.2, 0.25) is 0 Å². The van der Waals surface area contributed by atoms with E-state index >= 15 is 0 Å². The quantitative estimate of drug-likeness (QED) is 0.673. The summed E-state index contributed by atoms with van der Waals surface area (Å²) in [6.45, 7) is 5.04. The van der Waals surface area contributed by atoms with E-state index in [2.05, 4.69) is 13.8 Å². The van der Waals surface area contributed by atoms with Crippen LogP contribution in [0.2, 0.25) is 0 Å². The third-order valence-corrected chi connectivity index (χ3v) is 4.03. The Bertz CT molecular complexity index is 275. The third kappa shape index (κ3) is 1.89. The molecule has 0 amide bonds. The number of nitrogens with two attached hydrogens (primary N) is 1. The van der Waals surface area contributed by atoms with E-state index in [1.165, 1.54) is 12.8 Å². The van der Waals surface area contributed by atoms with E-state index in [1.54, 1.807) is 0 Å². The Morgan fingerprint density at radius 3 is 2.80 bits per heavy atom. The molecule has 2 unspecified atom stereocenters. The Morgan fingerprint density at radius 2 is 2.20 bits per heavy atom. The second kappa shape index (κ2) is 3.48. The van der Waals surface area contributed by atoms with Gasteiger partial charge in [0.05, 0.1) is 6.42 Å². The van der Waals surface area contributed by atoms with Gasteiger partial charge in [0, 0.05) is 12.0 Å². The Kier molecular flexibility index (Phi) is 2.53. The van der Waals surface area contributed by atoms with E-state index < -0.39 is 0 Å². The minimum atomic E-state index is -0.0526. The van der Waals surface area contributed by atoms with Gasteiger partial charge in [0.25, 0.3) is 0 Å². The summed E-state index contributed by atoms with van der Waals surface area (Å²) in [5.41, 5.74) is 6.10. The minimum absolute atomic E-state index is 0.0374. The first-order valence-electron chi connectivity index (χ1n) is 5.87. The Balaban J connectivity index is 2.20. The van der Waals surface area contributed by atoms with E-state index in [-0.39, 0.29) is 17.5 Å². The van der Waals surface area contributed by atoms with Gasteiger partial charge < -0.3 is 10.5 Å². The molecule has 3 nitrogen and oxygen atoms in total. The molecule has 0 aromatic carbocycles. The summed E-state index contributed by atoms with van der Waals surface area (Å²) in [5.74, 6) is -0.0526. The highest BCUT2D eigenvalue weighted by atomic mass is 16.6. The SMILES string of the molecule is CC1(C)CCCC2(CC(=O)OC2CN)C1. The first kappa shape index (κ1) is 10.9. The van der Waals surface area contributed by atoms with Crippen molar-refractivity contribution >= 4 is 5.97 Å². The number of hydrogen-bond donors (Lipinski definition) is 1. The maximum absolute atomic E-state index is 11.4. The van der Waals surface area contributed by atoms with Crippen molar-refractivity contribution in [3.63, 3.8) is 0 Å². The van der Waals surface area contributed by atoms with Crippen LogP contribution >= 0.6 is 0 Å². The van der Waals surface area contributed by atoms with Crippen LogP contribution in [0.4, 0.5) is 0 Å². The molecule has 0 radical (unpaired) electrons. The normalized spacial score (nSPS) is 39.4. The molecule has 0 aromatic heterocycles. The zero-order valence-corrected chi connectivity index (χ0v) is 9.71. The molecule has 0 bridgehead atoms. The molecule has 1 saturated heterocycles. The van der Waals surface area contributed by atoms with Gasteiger partial charge in [-0.15, -0.1) is 0 Å². The molecule has 2 aliphatic rings. The largest absolute Gasteiger partial charge is 0.460 e. The van der Waals surface area contributed by atoms with Crippen molar-refractivity contribution in [1.29, 1.82) is 0 Å². The van der Waals surface area contributed by atoms with Crippen LogP contribution in [0, 0.1) is 10.8 Å². The molecule has 1 aliphatic carbocycles. The fraction of sp³-hybridized carbons (Fsp3) is 0.917. The van der Waals surface area contributed by atoms with Crippen LogP contribution in [-0.2, 0) is 9.53 Å². The molecule has 15 heavy (non-hydrogen) atoms. The summed E-state index contributed by atoms with van der Waals surface area (Å²) < 4.78 is 5.33. The number of rotatable bonds is 1. The second-order valence-corrected chi connectivity index (χ2v) is 5.95. The highest BCUT2D eigenvalue weighted by molar-refractivity contribution is 5.73. The number of hydrogen-bond acceptors (Lipinski definition) is 3. The van der Waals surface area contributed by atoms with Crippen LogP contribution in [0.5, 0.6) is 0 Å². The van der Waals surface area contributed by atoms with Gasteiger partial charge in [-0.3, -0.25) is 4.79 Å². The monoisotopic (exact) mass is 211 g/mol. The number of ether oxygens (including phenoxy) is 1. The number of esters is 1. The predicted octanol–water partition coefficient (Wildman–Crippen LogP) is 1.85. The van der Waals surface area contributed by atoms with Crippen molar-refractivity contribution in [2.24, 2.45) is 16.6 Å². The van der Waals surface area contributed by atoms with E-state index in [4.69, 9.17) is 10.5 Å². The van der Waals surface area contributed by atoms with Gasteiger partial charge in [0.15, 0.2) is 0 Å². The average molecular weight is 211 g/mol. The first-order chi connectivity index (χ1) is 6.97. The second-order valence-electron chi connectivity index (χ2n) is 5.95. The highest BCUT2D eigenvalue weighted by Crippen LogP contribution is 2.53. The zero-order valence-electron chi connectivity index (χ0n) is 9.71. The van der Waals surface area contributed by atoms with Crippen LogP contribution in [0.25, 0.3) is 0 Å². The lowest BCUT2D eigenvalue weighted by molar-refractivity contribution is -0.141. The zero-order chi connectivity index (χ0) is 11.1. The van der Waals surface area contributed by atoms with E-state index in [0.29, 0.717) is 18.4 Å². The van der Waals surface area contributed by atoms with Gasteiger partial charge >= 0.3 is 5.97 Å². The summed E-state index contributed by atoms with van der Waals surface area (Å²) in [4.78, 5) is 11.4. The molecule has 0 aromatic rings. The lowest BCUT2D eigenvalue weighted by atomic mass is 9.61. The smallest absolute Gasteiger partial charge is 0.306 e. The molecule has 86 valence electrons. The van der Waals surface area contributed by atoms with Gasteiger partial charge in [-0.05, 0) is 24.7 Å². The lowest BCUT2D eigenvalue weighted by Crippen LogP contribution is -2.42. The Labute approximate surface area is 91.4 Å². The molecule has 3 heteroatoms. The Morgan fingerprint density at radius 1 is 1.47 bits per heavy atom. The van der Waals surface area contributed by atoms with Gasteiger partial charge in [-0.25, -0.2) is 0 Å². The van der Waals surface area contributed by atoms with Crippen LogP contribution in [0.15, 0.2) is 0 Å². The van der Waals surface area contributed by atoms with Crippen molar-refractivity contribution in [1.82, 2.24) is 0 Å². The average Bonchev–Trinajstić information content (AvgIpc) is 2.39. The van der Waals surface area contributed by atoms with Crippen molar-refractivity contribution in [2.75, 3.05) is 6.54 Å². The molecular weight excluding hydrogens is 190 g/mol. The number of carbonyl (C=O) groups excluding carboxylic acids is 1. The summed E-state index contributed by atoms with van der Waals surface area (Å²) >= 11 is 0. The fourth-order valence-corrected chi connectivity index (χ4v) is 3.50. The fourth-order valence-electron chi connectivity index (χ4n) is 3.50. The topological polar surface area (TPSA) is 52.3 Å². The molecule has 2 fully saturated rings. The molecular formula is C12H21NO2. The van der Waals surface area contributed by atoms with E-state index in [1.807, 2.05) is 0 Å². The number of carbonyl (C=O) groups is 1. The van der Waals surface area contributed by atoms with Crippen LogP contribution < -0.4 is 5.73 Å². The standard InChI is InChI=1S/C12H21NO2/c1-11(2)4-3-5-12(8-11)6-10(14)15-9(12)7-13/h9H,3-8,13H2,1-2H3. The minimum Gasteiger partial charge on any atom is -0.460 e. The Hall–Kier alpha value is -0.570. The number of cyclic esters (lactones) is 1. The summed E-state index contributed by atoms with van der Waals surface area (Å²) in [6, 6.07) is 0. The molecule has 1 aliphatic heterocycles. The lowest BCUT2D eigenvalue weighted by Gasteiger charge is -2.44. The van der Waals surface area contributed by atoms with Crippen molar-refractivity contribution in [3.05, 3.63) is 0 Å². The van der Waals surface area contributed by atoms with Crippen LogP contribution in [-0.4, -0.2) is 18.6 Å². The van der Waals surface area contributed by atoms with Crippen molar-refractivity contribution in [2.45, 2.75) is 52.1 Å². The third-order valence-electron chi connectivity index (χ3n) is 4.03. The molecule has 2 rings (SSSR count). The summed E-state index contributed by atoms with van der Waals surface area (Å²) in [7, 11) is 0. The predicted molar refractivity (Wildman–Crippen MR) is 58.2 cm³/mol. The molecule has 2 atom stereocenters. The van der Waals surface area contributed by atoms with Crippen LogP contribution in [0.1, 0.15) is 46.0 Å². The maximum atomic E-state index is 11.4. The first-order valence-corrected chi connectivity index (χ1v) is 5.87.